The lowest BCUT2D eigenvalue weighted by atomic mass is 10.00. The number of aliphatic hydroxyl groups is 1. The molecule has 0 fully saturated rings. The maximum absolute atomic E-state index is 9.91. The molecule has 0 aromatic heterocycles. The monoisotopic (exact) mass is 258 g/mol. The second kappa shape index (κ2) is 6.55. The second-order valence-corrected chi connectivity index (χ2v) is 6.38. The zero-order chi connectivity index (χ0) is 12.1. The van der Waals surface area contributed by atoms with E-state index in [-0.39, 0.29) is 11.7 Å². The molecule has 1 rings (SSSR count). The van der Waals surface area contributed by atoms with Crippen molar-refractivity contribution in [3.05, 3.63) is 29.8 Å². The lowest BCUT2D eigenvalue weighted by Crippen LogP contribution is -2.02. The Balaban J connectivity index is 2.63. The van der Waals surface area contributed by atoms with Gasteiger partial charge in [0.1, 0.15) is 11.3 Å². The zero-order valence-corrected chi connectivity index (χ0v) is 12.1. The van der Waals surface area contributed by atoms with Crippen molar-refractivity contribution in [2.45, 2.75) is 32.0 Å². The number of hydrogen-bond donors (Lipinski definition) is 1. The Bertz CT molecular complexity index is 309. The van der Waals surface area contributed by atoms with Crippen molar-refractivity contribution in [2.75, 3.05) is 0 Å². The minimum atomic E-state index is -0.378. The summed E-state index contributed by atoms with van der Waals surface area (Å²) in [6.45, 7) is 4.21. The van der Waals surface area contributed by atoms with Crippen LogP contribution in [0.2, 0.25) is 0 Å². The van der Waals surface area contributed by atoms with Crippen LogP contribution in [0.25, 0.3) is 0 Å². The zero-order valence-electron chi connectivity index (χ0n) is 9.76. The van der Waals surface area contributed by atoms with Gasteiger partial charge in [0.15, 0.2) is 0 Å². The van der Waals surface area contributed by atoms with Crippen LogP contribution in [0.5, 0.6) is 5.75 Å². The van der Waals surface area contributed by atoms with Crippen LogP contribution in [0.4, 0.5) is 0 Å². The van der Waals surface area contributed by atoms with Gasteiger partial charge >= 0.3 is 0 Å². The lowest BCUT2D eigenvalue weighted by molar-refractivity contribution is 0.151. The summed E-state index contributed by atoms with van der Waals surface area (Å²) in [5.74, 6) is 1.31. The van der Waals surface area contributed by atoms with E-state index in [4.69, 9.17) is 4.74 Å². The average molecular weight is 258 g/mol. The molecule has 1 N–H and O–H groups in total. The second-order valence-electron chi connectivity index (χ2n) is 4.30. The number of ether oxygens (including phenoxy) is 1. The van der Waals surface area contributed by atoms with Gasteiger partial charge in [0.25, 0.3) is 0 Å². The molecule has 3 atom stereocenters. The van der Waals surface area contributed by atoms with Crippen molar-refractivity contribution in [1.82, 2.24) is 0 Å². The Morgan fingerprint density at radius 3 is 2.19 bits per heavy atom. The summed E-state index contributed by atoms with van der Waals surface area (Å²) in [6.07, 6.45) is 0.410. The summed E-state index contributed by atoms with van der Waals surface area (Å²) < 4.78 is 5.47. The average Bonchev–Trinajstić information content (AvgIpc) is 2.16. The molecule has 0 radical (unpaired) electrons. The van der Waals surface area contributed by atoms with Crippen LogP contribution in [0.15, 0.2) is 24.3 Å². The summed E-state index contributed by atoms with van der Waals surface area (Å²) in [7, 11) is 5.10. The quantitative estimate of drug-likeness (QED) is 0.822. The molecule has 16 heavy (non-hydrogen) atoms. The minimum Gasteiger partial charge on any atom is -0.483 e. The van der Waals surface area contributed by atoms with Gasteiger partial charge in [0, 0.05) is 0 Å². The smallest absolute Gasteiger partial charge is 0.123 e. The molecule has 2 nitrogen and oxygen atoms in total. The predicted octanol–water partition coefficient (Wildman–Crippen LogP) is 3.18. The molecule has 3 unspecified atom stereocenters. The molecule has 0 saturated carbocycles. The standard InChI is InChI=1S/C12H20O2P2/c1-8(2)7-11(13)9-3-5-10(6-4-9)14-12(15)16/h3-6,8,11-13H,7,15-16H2,1-2H3. The molecule has 0 spiro atoms. The van der Waals surface area contributed by atoms with Crippen molar-refractivity contribution >= 4 is 18.5 Å². The highest BCUT2D eigenvalue weighted by molar-refractivity contribution is 7.37. The van der Waals surface area contributed by atoms with E-state index >= 15 is 0 Å². The van der Waals surface area contributed by atoms with Crippen molar-refractivity contribution in [3.63, 3.8) is 0 Å². The number of hydrogen-bond acceptors (Lipinski definition) is 2. The SMILES string of the molecule is CC(C)CC(O)c1ccc(OC(P)P)cc1. The highest BCUT2D eigenvalue weighted by Crippen LogP contribution is 2.24. The van der Waals surface area contributed by atoms with E-state index in [0.717, 1.165) is 17.7 Å². The third-order valence-electron chi connectivity index (χ3n) is 2.23. The van der Waals surface area contributed by atoms with E-state index < -0.39 is 0 Å². The molecular formula is C12H20O2P2. The Morgan fingerprint density at radius 2 is 1.75 bits per heavy atom. The molecule has 1 aromatic rings. The summed E-state index contributed by atoms with van der Waals surface area (Å²) in [5.41, 5.74) is 0.969. The maximum Gasteiger partial charge on any atom is 0.123 e. The molecule has 90 valence electrons. The van der Waals surface area contributed by atoms with Crippen molar-refractivity contribution < 1.29 is 9.84 Å². The van der Waals surface area contributed by atoms with Crippen LogP contribution in [-0.2, 0) is 0 Å². The van der Waals surface area contributed by atoms with Crippen LogP contribution in [0.3, 0.4) is 0 Å². The molecule has 0 heterocycles. The first kappa shape index (κ1) is 13.9. The Labute approximate surface area is 102 Å². The first-order chi connectivity index (χ1) is 7.49. The molecule has 0 saturated heterocycles. The third-order valence-corrected chi connectivity index (χ3v) is 2.50. The third kappa shape index (κ3) is 4.78. The molecule has 0 aliphatic rings. The number of rotatable bonds is 5. The van der Waals surface area contributed by atoms with E-state index in [2.05, 4.69) is 32.3 Å². The fourth-order valence-electron chi connectivity index (χ4n) is 1.51. The Hall–Kier alpha value is -0.160. The van der Waals surface area contributed by atoms with Gasteiger partial charge in [-0.05, 0) is 30.0 Å². The Kier molecular flexibility index (Phi) is 5.69. The van der Waals surface area contributed by atoms with Crippen molar-refractivity contribution in [3.8, 4) is 5.75 Å². The summed E-state index contributed by atoms with van der Waals surface area (Å²) >= 11 is 0. The van der Waals surface area contributed by atoms with Crippen LogP contribution >= 0.6 is 18.5 Å². The van der Waals surface area contributed by atoms with Gasteiger partial charge in [0.2, 0.25) is 0 Å². The van der Waals surface area contributed by atoms with E-state index in [1.165, 1.54) is 0 Å². The number of aliphatic hydroxyl groups excluding tert-OH is 1. The molecule has 0 aliphatic heterocycles. The topological polar surface area (TPSA) is 29.5 Å². The van der Waals surface area contributed by atoms with Crippen LogP contribution in [0, 0.1) is 5.92 Å². The van der Waals surface area contributed by atoms with E-state index in [1.54, 1.807) is 0 Å². The van der Waals surface area contributed by atoms with Gasteiger partial charge < -0.3 is 9.84 Å². The van der Waals surface area contributed by atoms with Crippen molar-refractivity contribution in [1.29, 1.82) is 0 Å². The molecular weight excluding hydrogens is 238 g/mol. The largest absolute Gasteiger partial charge is 0.483 e. The lowest BCUT2D eigenvalue weighted by Gasteiger charge is -2.14. The Morgan fingerprint density at radius 1 is 1.19 bits per heavy atom. The molecule has 0 bridgehead atoms. The molecule has 0 aliphatic carbocycles. The number of benzene rings is 1. The van der Waals surface area contributed by atoms with Crippen molar-refractivity contribution in [2.24, 2.45) is 5.92 Å². The summed E-state index contributed by atoms with van der Waals surface area (Å²) in [4.78, 5) is 0. The fourth-order valence-corrected chi connectivity index (χ4v) is 1.82. The fraction of sp³-hybridized carbons (Fsp3) is 0.500. The van der Waals surface area contributed by atoms with E-state index in [0.29, 0.717) is 5.92 Å². The summed E-state index contributed by atoms with van der Waals surface area (Å²) in [5, 5.41) is 9.91. The first-order valence-electron chi connectivity index (χ1n) is 5.45. The van der Waals surface area contributed by atoms with Crippen LogP contribution < -0.4 is 4.74 Å². The highest BCUT2D eigenvalue weighted by Gasteiger charge is 2.09. The predicted molar refractivity (Wildman–Crippen MR) is 74.7 cm³/mol. The highest BCUT2D eigenvalue weighted by atomic mass is 31.1. The maximum atomic E-state index is 9.91. The van der Waals surface area contributed by atoms with Gasteiger partial charge in [-0.1, -0.05) is 44.5 Å². The van der Waals surface area contributed by atoms with Crippen LogP contribution in [-0.4, -0.2) is 10.7 Å². The van der Waals surface area contributed by atoms with E-state index in [9.17, 15) is 5.11 Å². The summed E-state index contributed by atoms with van der Waals surface area (Å²) in [6, 6.07) is 7.61. The van der Waals surface area contributed by atoms with Gasteiger partial charge in [-0.2, -0.15) is 0 Å². The van der Waals surface area contributed by atoms with E-state index in [1.807, 2.05) is 24.3 Å². The van der Waals surface area contributed by atoms with Gasteiger partial charge in [-0.25, -0.2) is 0 Å². The molecule has 4 heteroatoms. The molecule has 0 amide bonds. The molecule has 1 aromatic carbocycles. The van der Waals surface area contributed by atoms with Gasteiger partial charge in [-0.15, -0.1) is 0 Å². The van der Waals surface area contributed by atoms with Crippen LogP contribution in [0.1, 0.15) is 31.9 Å². The van der Waals surface area contributed by atoms with Gasteiger partial charge in [0.05, 0.1) is 6.10 Å². The van der Waals surface area contributed by atoms with Gasteiger partial charge in [-0.3, -0.25) is 0 Å². The first-order valence-corrected chi connectivity index (χ1v) is 6.78. The minimum absolute atomic E-state index is 0.0198. The normalized spacial score (nSPS) is 13.2.